The topological polar surface area (TPSA) is 90.9 Å². The number of hydrogen-bond donors (Lipinski definition) is 0. The Morgan fingerprint density at radius 1 is 1.20 bits per heavy atom. The fraction of sp³-hybridized carbons (Fsp3) is 0.182. The van der Waals surface area contributed by atoms with E-state index in [9.17, 15) is 14.4 Å². The van der Waals surface area contributed by atoms with Crippen LogP contribution in [0.4, 0.5) is 0 Å². The van der Waals surface area contributed by atoms with Gasteiger partial charge in [-0.2, -0.15) is 4.99 Å². The molecule has 0 N–H and O–H groups in total. The molecule has 0 fully saturated rings. The number of aromatic nitrogens is 1. The van der Waals surface area contributed by atoms with Crippen molar-refractivity contribution >= 4 is 44.4 Å². The summed E-state index contributed by atoms with van der Waals surface area (Å²) in [6.45, 7) is 3.80. The lowest BCUT2D eigenvalue weighted by molar-refractivity contribution is -0.141. The lowest BCUT2D eigenvalue weighted by Crippen LogP contribution is -2.24. The third kappa shape index (κ3) is 3.46. The molecule has 152 valence electrons. The summed E-state index contributed by atoms with van der Waals surface area (Å²) in [5, 5.41) is 0.309. The van der Waals surface area contributed by atoms with Gasteiger partial charge in [0.25, 0.3) is 5.91 Å². The fourth-order valence-electron chi connectivity index (χ4n) is 3.39. The van der Waals surface area contributed by atoms with Crippen molar-refractivity contribution in [1.82, 2.24) is 4.57 Å². The number of fused-ring (bicyclic) bond motifs is 2. The Labute approximate surface area is 174 Å². The number of aryl methyl sites for hydroxylation is 2. The third-order valence-electron chi connectivity index (χ3n) is 4.73. The third-order valence-corrected chi connectivity index (χ3v) is 5.76. The predicted molar refractivity (Wildman–Crippen MR) is 114 cm³/mol. The molecule has 1 amide bonds. The maximum atomic E-state index is 12.9. The molecule has 7 nitrogen and oxygen atoms in total. The van der Waals surface area contributed by atoms with E-state index in [2.05, 4.69) is 4.99 Å². The molecular formula is C22H18N2O5S. The molecule has 30 heavy (non-hydrogen) atoms. The zero-order chi connectivity index (χ0) is 21.4. The summed E-state index contributed by atoms with van der Waals surface area (Å²) in [5.41, 5.74) is 2.59. The van der Waals surface area contributed by atoms with Crippen LogP contribution < -0.4 is 10.2 Å². The number of rotatable bonds is 3. The molecule has 0 bridgehead atoms. The number of carbonyl (C=O) groups is 2. The van der Waals surface area contributed by atoms with Crippen LogP contribution in [0.25, 0.3) is 21.2 Å². The first-order chi connectivity index (χ1) is 14.4. The molecule has 0 aliphatic heterocycles. The zero-order valence-electron chi connectivity index (χ0n) is 16.6. The Morgan fingerprint density at radius 2 is 1.97 bits per heavy atom. The smallest absolute Gasteiger partial charge is 0.325 e. The van der Waals surface area contributed by atoms with Crippen molar-refractivity contribution in [2.45, 2.75) is 20.4 Å². The molecule has 0 saturated heterocycles. The van der Waals surface area contributed by atoms with Crippen LogP contribution in [0.3, 0.4) is 0 Å². The molecule has 4 rings (SSSR count). The van der Waals surface area contributed by atoms with Crippen molar-refractivity contribution < 1.29 is 18.7 Å². The van der Waals surface area contributed by atoms with Gasteiger partial charge < -0.3 is 13.7 Å². The molecule has 0 atom stereocenters. The number of thiazole rings is 1. The molecule has 2 aromatic heterocycles. The highest BCUT2D eigenvalue weighted by Crippen LogP contribution is 2.23. The van der Waals surface area contributed by atoms with Crippen LogP contribution in [0.2, 0.25) is 0 Å². The second-order valence-corrected chi connectivity index (χ2v) is 7.88. The summed E-state index contributed by atoms with van der Waals surface area (Å²) >= 11 is 1.27. The van der Waals surface area contributed by atoms with E-state index >= 15 is 0 Å². The Bertz CT molecular complexity index is 1440. The molecule has 2 aromatic carbocycles. The summed E-state index contributed by atoms with van der Waals surface area (Å²) < 4.78 is 12.8. The molecular weight excluding hydrogens is 404 g/mol. The van der Waals surface area contributed by atoms with Crippen LogP contribution in [-0.2, 0) is 16.1 Å². The van der Waals surface area contributed by atoms with E-state index in [0.717, 1.165) is 27.6 Å². The molecule has 4 aromatic rings. The fourth-order valence-corrected chi connectivity index (χ4v) is 4.59. The van der Waals surface area contributed by atoms with Crippen molar-refractivity contribution in [1.29, 1.82) is 0 Å². The zero-order valence-corrected chi connectivity index (χ0v) is 17.4. The monoisotopic (exact) mass is 422 g/mol. The van der Waals surface area contributed by atoms with Crippen molar-refractivity contribution in [3.63, 3.8) is 0 Å². The van der Waals surface area contributed by atoms with Crippen LogP contribution in [-0.4, -0.2) is 23.6 Å². The molecule has 0 aliphatic carbocycles. The maximum absolute atomic E-state index is 12.9. The lowest BCUT2D eigenvalue weighted by atomic mass is 10.1. The van der Waals surface area contributed by atoms with Crippen molar-refractivity contribution in [2.75, 3.05) is 7.11 Å². The lowest BCUT2D eigenvalue weighted by Gasteiger charge is -2.06. The van der Waals surface area contributed by atoms with Gasteiger partial charge in [0.2, 0.25) is 5.43 Å². The second-order valence-electron chi connectivity index (χ2n) is 6.87. The summed E-state index contributed by atoms with van der Waals surface area (Å²) in [7, 11) is 1.30. The van der Waals surface area contributed by atoms with Gasteiger partial charge in [-0.25, -0.2) is 0 Å². The molecule has 2 heterocycles. The van der Waals surface area contributed by atoms with Crippen LogP contribution in [0.5, 0.6) is 0 Å². The van der Waals surface area contributed by atoms with Gasteiger partial charge in [0.15, 0.2) is 4.80 Å². The van der Waals surface area contributed by atoms with Gasteiger partial charge in [-0.3, -0.25) is 14.4 Å². The summed E-state index contributed by atoms with van der Waals surface area (Å²) in [6.07, 6.45) is 1.13. The van der Waals surface area contributed by atoms with Crippen molar-refractivity contribution in [3.05, 3.63) is 74.4 Å². The first-order valence-electron chi connectivity index (χ1n) is 9.16. The Morgan fingerprint density at radius 3 is 2.73 bits per heavy atom. The quantitative estimate of drug-likeness (QED) is 0.472. The molecule has 0 unspecified atom stereocenters. The molecule has 0 spiro atoms. The summed E-state index contributed by atoms with van der Waals surface area (Å²) in [6, 6.07) is 10.7. The van der Waals surface area contributed by atoms with E-state index in [4.69, 9.17) is 9.15 Å². The van der Waals surface area contributed by atoms with Crippen molar-refractivity contribution in [3.8, 4) is 0 Å². The normalized spacial score (nSPS) is 11.9. The van der Waals surface area contributed by atoms with E-state index in [0.29, 0.717) is 15.8 Å². The van der Waals surface area contributed by atoms with Gasteiger partial charge >= 0.3 is 5.97 Å². The minimum atomic E-state index is -0.728. The second kappa shape index (κ2) is 7.72. The Balaban J connectivity index is 1.92. The van der Waals surface area contributed by atoms with Gasteiger partial charge in [0.1, 0.15) is 24.0 Å². The van der Waals surface area contributed by atoms with Gasteiger partial charge in [-0.15, -0.1) is 0 Å². The number of ether oxygens (including phenoxy) is 1. The standard InChI is InChI=1S/C22H18N2O5S/c1-12-8-13(2)19-17(9-12)30-22(24(19)10-18(25)28-3)23-21(27)15-11-29-16-7-5-4-6-14(16)20(15)26/h4-9,11H,10H2,1-3H3. The van der Waals surface area contributed by atoms with Crippen LogP contribution in [0, 0.1) is 13.8 Å². The first kappa shape index (κ1) is 19.8. The minimum Gasteiger partial charge on any atom is -0.468 e. The number of hydrogen-bond acceptors (Lipinski definition) is 6. The first-order valence-corrected chi connectivity index (χ1v) is 9.97. The van der Waals surface area contributed by atoms with E-state index in [-0.39, 0.29) is 12.1 Å². The average molecular weight is 422 g/mol. The van der Waals surface area contributed by atoms with Gasteiger partial charge in [-0.05, 0) is 43.2 Å². The van der Waals surface area contributed by atoms with Crippen LogP contribution >= 0.6 is 11.3 Å². The number of para-hydroxylation sites is 1. The van der Waals surface area contributed by atoms with Crippen LogP contribution in [0.1, 0.15) is 21.5 Å². The number of carbonyl (C=O) groups excluding carboxylic acids is 2. The highest BCUT2D eigenvalue weighted by Gasteiger charge is 2.17. The summed E-state index contributed by atoms with van der Waals surface area (Å²) in [5.74, 6) is -1.19. The van der Waals surface area contributed by atoms with Gasteiger partial charge in [0.05, 0.1) is 22.7 Å². The number of amides is 1. The van der Waals surface area contributed by atoms with E-state index in [1.807, 2.05) is 26.0 Å². The van der Waals surface area contributed by atoms with Gasteiger partial charge in [-0.1, -0.05) is 29.5 Å². The number of benzene rings is 2. The Hall–Kier alpha value is -3.52. The minimum absolute atomic E-state index is 0.0984. The predicted octanol–water partition coefficient (Wildman–Crippen LogP) is 3.34. The van der Waals surface area contributed by atoms with E-state index in [1.165, 1.54) is 18.4 Å². The molecule has 0 radical (unpaired) electrons. The maximum Gasteiger partial charge on any atom is 0.325 e. The molecule has 0 saturated carbocycles. The highest BCUT2D eigenvalue weighted by atomic mass is 32.1. The Kier molecular flexibility index (Phi) is 5.09. The largest absolute Gasteiger partial charge is 0.468 e. The van der Waals surface area contributed by atoms with E-state index < -0.39 is 17.3 Å². The van der Waals surface area contributed by atoms with Gasteiger partial charge in [0, 0.05) is 0 Å². The average Bonchev–Trinajstić information content (AvgIpc) is 3.04. The summed E-state index contributed by atoms with van der Waals surface area (Å²) in [4.78, 5) is 42.0. The highest BCUT2D eigenvalue weighted by molar-refractivity contribution is 7.16. The number of methoxy groups -OCH3 is 1. The van der Waals surface area contributed by atoms with E-state index in [1.54, 1.807) is 28.8 Å². The number of esters is 1. The molecule has 8 heteroatoms. The number of nitrogens with zero attached hydrogens (tertiary/aromatic N) is 2. The SMILES string of the molecule is COC(=O)Cn1c(=NC(=O)c2coc3ccccc3c2=O)sc2cc(C)cc(C)c21. The van der Waals surface area contributed by atoms with Crippen LogP contribution in [0.15, 0.2) is 56.9 Å². The molecule has 0 aliphatic rings. The van der Waals surface area contributed by atoms with Crippen molar-refractivity contribution in [2.24, 2.45) is 4.99 Å².